The fourth-order valence-corrected chi connectivity index (χ4v) is 4.08. The molecule has 2 unspecified atom stereocenters. The summed E-state index contributed by atoms with van der Waals surface area (Å²) in [6.45, 7) is 2.30. The van der Waals surface area contributed by atoms with Crippen molar-refractivity contribution in [3.05, 3.63) is 28.2 Å². The van der Waals surface area contributed by atoms with Gasteiger partial charge in [-0.1, -0.05) is 18.6 Å². The number of hydrogen-bond donors (Lipinski definition) is 1. The van der Waals surface area contributed by atoms with Crippen molar-refractivity contribution in [3.63, 3.8) is 0 Å². The highest BCUT2D eigenvalue weighted by Gasteiger charge is 2.34. The SMILES string of the molecule is Nc1cccc(CN2CCCC3CCCC32)c1Br. The molecule has 3 rings (SSSR count). The zero-order valence-electron chi connectivity index (χ0n) is 10.7. The third-order valence-electron chi connectivity index (χ3n) is 4.59. The Labute approximate surface area is 118 Å². The van der Waals surface area contributed by atoms with Crippen LogP contribution in [0.1, 0.15) is 37.7 Å². The highest BCUT2D eigenvalue weighted by molar-refractivity contribution is 9.10. The zero-order valence-corrected chi connectivity index (χ0v) is 12.3. The van der Waals surface area contributed by atoms with E-state index in [1.54, 1.807) is 0 Å². The van der Waals surface area contributed by atoms with Gasteiger partial charge in [-0.05, 0) is 65.7 Å². The number of likely N-dealkylation sites (tertiary alicyclic amines) is 1. The molecule has 2 nitrogen and oxygen atoms in total. The normalized spacial score (nSPS) is 28.3. The molecule has 2 fully saturated rings. The molecule has 0 aromatic heterocycles. The molecule has 2 atom stereocenters. The van der Waals surface area contributed by atoms with Crippen molar-refractivity contribution in [1.82, 2.24) is 4.90 Å². The number of nitrogen functional groups attached to an aromatic ring is 1. The summed E-state index contributed by atoms with van der Waals surface area (Å²) in [6, 6.07) is 7.04. The van der Waals surface area contributed by atoms with Gasteiger partial charge < -0.3 is 5.73 Å². The lowest BCUT2D eigenvalue weighted by Gasteiger charge is -2.38. The lowest BCUT2D eigenvalue weighted by atomic mass is 9.91. The molecule has 0 spiro atoms. The highest BCUT2D eigenvalue weighted by atomic mass is 79.9. The molecular formula is C15H21BrN2. The van der Waals surface area contributed by atoms with Crippen molar-refractivity contribution in [2.24, 2.45) is 5.92 Å². The second-order valence-electron chi connectivity index (χ2n) is 5.69. The molecule has 0 radical (unpaired) electrons. The first-order valence-electron chi connectivity index (χ1n) is 7.02. The number of hydrogen-bond acceptors (Lipinski definition) is 2. The van der Waals surface area contributed by atoms with Crippen molar-refractivity contribution >= 4 is 21.6 Å². The molecule has 2 N–H and O–H groups in total. The van der Waals surface area contributed by atoms with Crippen molar-refractivity contribution in [1.29, 1.82) is 0 Å². The number of fused-ring (bicyclic) bond motifs is 1. The van der Waals surface area contributed by atoms with E-state index < -0.39 is 0 Å². The molecule has 18 heavy (non-hydrogen) atoms. The number of nitrogens with zero attached hydrogens (tertiary/aromatic N) is 1. The summed E-state index contributed by atoms with van der Waals surface area (Å²) in [5, 5.41) is 0. The lowest BCUT2D eigenvalue weighted by molar-refractivity contribution is 0.105. The molecule has 1 aliphatic heterocycles. The van der Waals surface area contributed by atoms with Crippen LogP contribution >= 0.6 is 15.9 Å². The Morgan fingerprint density at radius 2 is 2.06 bits per heavy atom. The van der Waals surface area contributed by atoms with Gasteiger partial charge in [0.1, 0.15) is 0 Å². The maximum atomic E-state index is 5.97. The third kappa shape index (κ3) is 2.30. The summed E-state index contributed by atoms with van der Waals surface area (Å²) >= 11 is 3.63. The average Bonchev–Trinajstić information content (AvgIpc) is 2.84. The standard InChI is InChI=1S/C15H21BrN2/c16-15-12(5-1-7-13(15)17)10-18-9-3-6-11-4-2-8-14(11)18/h1,5,7,11,14H,2-4,6,8-10,17H2. The van der Waals surface area contributed by atoms with E-state index in [4.69, 9.17) is 5.73 Å². The third-order valence-corrected chi connectivity index (χ3v) is 5.56. The smallest absolute Gasteiger partial charge is 0.0461 e. The first-order chi connectivity index (χ1) is 8.75. The Hall–Kier alpha value is -0.540. The zero-order chi connectivity index (χ0) is 12.5. The van der Waals surface area contributed by atoms with Gasteiger partial charge in [-0.25, -0.2) is 0 Å². The van der Waals surface area contributed by atoms with Gasteiger partial charge in [0.25, 0.3) is 0 Å². The fraction of sp³-hybridized carbons (Fsp3) is 0.600. The number of benzene rings is 1. The Balaban J connectivity index is 1.77. The van der Waals surface area contributed by atoms with Crippen LogP contribution in [0.4, 0.5) is 5.69 Å². The monoisotopic (exact) mass is 308 g/mol. The highest BCUT2D eigenvalue weighted by Crippen LogP contribution is 2.38. The van der Waals surface area contributed by atoms with E-state index in [0.717, 1.165) is 28.7 Å². The molecule has 1 aromatic rings. The number of piperidine rings is 1. The van der Waals surface area contributed by atoms with Crippen LogP contribution in [0.2, 0.25) is 0 Å². The van der Waals surface area contributed by atoms with Crippen molar-refractivity contribution < 1.29 is 0 Å². The van der Waals surface area contributed by atoms with Crippen molar-refractivity contribution in [2.45, 2.75) is 44.7 Å². The van der Waals surface area contributed by atoms with E-state index in [0.29, 0.717) is 0 Å². The number of halogens is 1. The molecule has 1 aromatic carbocycles. The van der Waals surface area contributed by atoms with Gasteiger partial charge in [-0.3, -0.25) is 4.90 Å². The number of anilines is 1. The minimum absolute atomic E-state index is 0.826. The molecule has 98 valence electrons. The molecule has 0 amide bonds. The molecule has 1 saturated carbocycles. The summed E-state index contributed by atoms with van der Waals surface area (Å²) < 4.78 is 1.09. The molecule has 1 saturated heterocycles. The van der Waals surface area contributed by atoms with Crippen molar-refractivity contribution in [3.8, 4) is 0 Å². The van der Waals surface area contributed by atoms with E-state index in [2.05, 4.69) is 33.0 Å². The van der Waals surface area contributed by atoms with E-state index >= 15 is 0 Å². The molecule has 2 aliphatic rings. The van der Waals surface area contributed by atoms with E-state index in [9.17, 15) is 0 Å². The molecule has 1 heterocycles. The minimum Gasteiger partial charge on any atom is -0.398 e. The Morgan fingerprint density at radius 1 is 1.22 bits per heavy atom. The van der Waals surface area contributed by atoms with Gasteiger partial charge in [0.05, 0.1) is 0 Å². The van der Waals surface area contributed by atoms with Gasteiger partial charge in [-0.15, -0.1) is 0 Å². The van der Waals surface area contributed by atoms with Crippen LogP contribution in [0.15, 0.2) is 22.7 Å². The molecule has 1 aliphatic carbocycles. The Bertz CT molecular complexity index is 433. The summed E-state index contributed by atoms with van der Waals surface area (Å²) in [6.07, 6.45) is 7.06. The van der Waals surface area contributed by atoms with Gasteiger partial charge in [0.15, 0.2) is 0 Å². The maximum Gasteiger partial charge on any atom is 0.0461 e. The van der Waals surface area contributed by atoms with Crippen LogP contribution in [-0.2, 0) is 6.54 Å². The summed E-state index contributed by atoms with van der Waals surface area (Å²) in [5.41, 5.74) is 8.16. The Morgan fingerprint density at radius 3 is 2.94 bits per heavy atom. The van der Waals surface area contributed by atoms with Gasteiger partial charge in [0, 0.05) is 22.7 Å². The quantitative estimate of drug-likeness (QED) is 0.842. The first kappa shape index (κ1) is 12.5. The predicted octanol–water partition coefficient (Wildman–Crippen LogP) is 3.80. The summed E-state index contributed by atoms with van der Waals surface area (Å²) in [7, 11) is 0. The van der Waals surface area contributed by atoms with Crippen LogP contribution in [-0.4, -0.2) is 17.5 Å². The van der Waals surface area contributed by atoms with Crippen LogP contribution in [0.25, 0.3) is 0 Å². The molecule has 0 bridgehead atoms. The Kier molecular flexibility index (Phi) is 3.62. The summed E-state index contributed by atoms with van der Waals surface area (Å²) in [4.78, 5) is 2.68. The van der Waals surface area contributed by atoms with Crippen molar-refractivity contribution in [2.75, 3.05) is 12.3 Å². The topological polar surface area (TPSA) is 29.3 Å². The largest absolute Gasteiger partial charge is 0.398 e. The fourth-order valence-electron chi connectivity index (χ4n) is 3.69. The second-order valence-corrected chi connectivity index (χ2v) is 6.48. The van der Waals surface area contributed by atoms with Crippen LogP contribution in [0.5, 0.6) is 0 Å². The van der Waals surface area contributed by atoms with Gasteiger partial charge >= 0.3 is 0 Å². The average molecular weight is 309 g/mol. The predicted molar refractivity (Wildman–Crippen MR) is 79.3 cm³/mol. The van der Waals surface area contributed by atoms with E-state index in [1.165, 1.54) is 44.2 Å². The lowest BCUT2D eigenvalue weighted by Crippen LogP contribution is -2.41. The van der Waals surface area contributed by atoms with Crippen LogP contribution in [0, 0.1) is 5.92 Å². The maximum absolute atomic E-state index is 5.97. The van der Waals surface area contributed by atoms with Crippen LogP contribution < -0.4 is 5.73 Å². The summed E-state index contributed by atoms with van der Waals surface area (Å²) in [5.74, 6) is 0.957. The molecule has 3 heteroatoms. The second kappa shape index (κ2) is 5.22. The number of nitrogens with two attached hydrogens (primary N) is 1. The number of rotatable bonds is 2. The van der Waals surface area contributed by atoms with Crippen LogP contribution in [0.3, 0.4) is 0 Å². The van der Waals surface area contributed by atoms with Gasteiger partial charge in [0.2, 0.25) is 0 Å². The van der Waals surface area contributed by atoms with Gasteiger partial charge in [-0.2, -0.15) is 0 Å². The van der Waals surface area contributed by atoms with E-state index in [-0.39, 0.29) is 0 Å². The first-order valence-corrected chi connectivity index (χ1v) is 7.82. The van der Waals surface area contributed by atoms with E-state index in [1.807, 2.05) is 6.07 Å². The molecular weight excluding hydrogens is 288 g/mol. The minimum atomic E-state index is 0.826.